The minimum absolute atomic E-state index is 0.00207. The second kappa shape index (κ2) is 8.27. The van der Waals surface area contributed by atoms with Crippen LogP contribution in [0.15, 0.2) is 29.1 Å². The lowest BCUT2D eigenvalue weighted by atomic mass is 9.96. The Morgan fingerprint density at radius 2 is 2.10 bits per heavy atom. The minimum Gasteiger partial charge on any atom is -0.378 e. The maximum atomic E-state index is 12.6. The zero-order valence-electron chi connectivity index (χ0n) is 17.4. The summed E-state index contributed by atoms with van der Waals surface area (Å²) in [6.45, 7) is 2.23. The molecule has 0 bridgehead atoms. The van der Waals surface area contributed by atoms with Crippen LogP contribution in [-0.4, -0.2) is 38.0 Å². The molecule has 1 aliphatic rings. The summed E-state index contributed by atoms with van der Waals surface area (Å²) in [6, 6.07) is 7.46. The molecule has 3 aromatic heterocycles. The number of rotatable bonds is 6. The molecule has 0 spiro atoms. The average Bonchev–Trinajstić information content (AvgIpc) is 3.42. The smallest absolute Gasteiger partial charge is 0.275 e. The van der Waals surface area contributed by atoms with Gasteiger partial charge in [0.1, 0.15) is 5.69 Å². The van der Waals surface area contributed by atoms with Gasteiger partial charge in [0.05, 0.1) is 12.3 Å². The van der Waals surface area contributed by atoms with Gasteiger partial charge in [0.2, 0.25) is 0 Å². The normalized spacial score (nSPS) is 18.6. The van der Waals surface area contributed by atoms with Crippen LogP contribution in [0, 0.1) is 6.92 Å². The number of methoxy groups -OCH3 is 1. The molecule has 1 aliphatic carbocycles. The number of aromatic amines is 2. The van der Waals surface area contributed by atoms with Crippen molar-refractivity contribution in [1.82, 2.24) is 25.0 Å². The van der Waals surface area contributed by atoms with Crippen LogP contribution in [0.1, 0.15) is 64.2 Å². The van der Waals surface area contributed by atoms with E-state index >= 15 is 0 Å². The van der Waals surface area contributed by atoms with Crippen molar-refractivity contribution in [3.05, 3.63) is 63.0 Å². The molecule has 158 valence electrons. The third-order valence-electron chi connectivity index (χ3n) is 5.69. The van der Waals surface area contributed by atoms with Gasteiger partial charge in [-0.15, -0.1) is 0 Å². The minimum atomic E-state index is -0.277. The van der Waals surface area contributed by atoms with E-state index in [-0.39, 0.29) is 23.3 Å². The number of hydrogen-bond acceptors (Lipinski definition) is 5. The summed E-state index contributed by atoms with van der Waals surface area (Å²) in [5.74, 6) is 0.704. The van der Waals surface area contributed by atoms with E-state index in [9.17, 15) is 9.59 Å². The summed E-state index contributed by atoms with van der Waals surface area (Å²) in [6.07, 6.45) is 2.80. The van der Waals surface area contributed by atoms with E-state index in [1.165, 1.54) is 4.68 Å². The number of nitrogens with zero attached hydrogens (tertiary/aromatic N) is 3. The van der Waals surface area contributed by atoms with Crippen LogP contribution in [0.25, 0.3) is 0 Å². The van der Waals surface area contributed by atoms with Crippen LogP contribution < -0.4 is 10.9 Å². The van der Waals surface area contributed by atoms with Gasteiger partial charge in [0, 0.05) is 43.1 Å². The molecule has 3 aromatic rings. The van der Waals surface area contributed by atoms with Crippen molar-refractivity contribution in [3.63, 3.8) is 0 Å². The first-order chi connectivity index (χ1) is 14.4. The number of carbonyl (C=O) groups excluding carboxylic acids is 1. The lowest BCUT2D eigenvalue weighted by molar-refractivity contribution is 0.101. The fourth-order valence-electron chi connectivity index (χ4n) is 4.20. The molecule has 0 radical (unpaired) electrons. The highest BCUT2D eigenvalue weighted by atomic mass is 16.5. The second-order valence-electron chi connectivity index (χ2n) is 7.87. The molecule has 1 fully saturated rings. The predicted octanol–water partition coefficient (Wildman–Crippen LogP) is 2.59. The van der Waals surface area contributed by atoms with Crippen LogP contribution in [0.2, 0.25) is 0 Å². The summed E-state index contributed by atoms with van der Waals surface area (Å²) in [4.78, 5) is 27.7. The maximum Gasteiger partial charge on any atom is 0.275 e. The first-order valence-electron chi connectivity index (χ1n) is 10.0. The third-order valence-corrected chi connectivity index (χ3v) is 5.69. The van der Waals surface area contributed by atoms with Crippen molar-refractivity contribution in [2.45, 2.75) is 44.6 Å². The van der Waals surface area contributed by atoms with Crippen LogP contribution >= 0.6 is 0 Å². The Morgan fingerprint density at radius 1 is 1.30 bits per heavy atom. The van der Waals surface area contributed by atoms with Crippen molar-refractivity contribution >= 4 is 11.7 Å². The molecule has 30 heavy (non-hydrogen) atoms. The van der Waals surface area contributed by atoms with E-state index in [0.717, 1.165) is 36.2 Å². The van der Waals surface area contributed by atoms with E-state index in [1.807, 2.05) is 25.1 Å². The summed E-state index contributed by atoms with van der Waals surface area (Å²) < 4.78 is 6.59. The zero-order chi connectivity index (χ0) is 21.3. The van der Waals surface area contributed by atoms with Crippen molar-refractivity contribution < 1.29 is 9.53 Å². The van der Waals surface area contributed by atoms with Crippen LogP contribution in [0.4, 0.5) is 5.82 Å². The topological polar surface area (TPSA) is 118 Å². The molecule has 3 N–H and O–H groups in total. The van der Waals surface area contributed by atoms with Crippen molar-refractivity contribution in [2.75, 3.05) is 12.4 Å². The summed E-state index contributed by atoms with van der Waals surface area (Å²) in [5.41, 5.74) is 3.82. The highest BCUT2D eigenvalue weighted by Crippen LogP contribution is 2.42. The van der Waals surface area contributed by atoms with Gasteiger partial charge in [0.15, 0.2) is 5.82 Å². The number of amides is 1. The van der Waals surface area contributed by atoms with Crippen molar-refractivity contribution in [2.24, 2.45) is 7.05 Å². The fourth-order valence-corrected chi connectivity index (χ4v) is 4.20. The predicted molar refractivity (Wildman–Crippen MR) is 112 cm³/mol. The highest BCUT2D eigenvalue weighted by molar-refractivity contribution is 6.02. The zero-order valence-corrected chi connectivity index (χ0v) is 17.4. The Balaban J connectivity index is 1.42. The van der Waals surface area contributed by atoms with Crippen molar-refractivity contribution in [1.29, 1.82) is 0 Å². The molecule has 1 amide bonds. The molecule has 3 heterocycles. The molecule has 0 unspecified atom stereocenters. The number of nitrogens with one attached hydrogen (secondary N) is 3. The molecule has 9 heteroatoms. The molecular formula is C21H26N6O3. The Kier molecular flexibility index (Phi) is 5.54. The maximum absolute atomic E-state index is 12.6. The standard InChI is InChI=1S/C21H26N6O3/c1-12-4-7-16(20(28)22-12)13-5-6-14(8-13)17-10-19(25-24-17)23-21(29)18-9-15(11-30-3)26-27(18)2/h4,7,9-10,13-14H,5-6,8,11H2,1-3H3,(H,22,28)(H2,23,24,25,29)/t13-,14+/m1/s1. The number of aryl methyl sites for hydroxylation is 2. The number of H-pyrrole nitrogens is 2. The van der Waals surface area contributed by atoms with Gasteiger partial charge in [-0.05, 0) is 44.2 Å². The molecule has 4 rings (SSSR count). The number of carbonyl (C=O) groups is 1. The number of aromatic nitrogens is 5. The molecule has 0 aromatic carbocycles. The largest absolute Gasteiger partial charge is 0.378 e. The lowest BCUT2D eigenvalue weighted by Crippen LogP contribution is -2.16. The Hall–Kier alpha value is -3.20. The number of anilines is 1. The van der Waals surface area contributed by atoms with Crippen molar-refractivity contribution in [3.8, 4) is 0 Å². The SMILES string of the molecule is COCc1cc(C(=O)Nc2cc([C@H]3CC[C@@H](c4ccc(C)[nH]c4=O)C3)[nH]n2)n(C)n1. The second-order valence-corrected chi connectivity index (χ2v) is 7.87. The number of pyridine rings is 1. The van der Waals surface area contributed by atoms with Gasteiger partial charge < -0.3 is 15.0 Å². The molecule has 2 atom stereocenters. The van der Waals surface area contributed by atoms with Gasteiger partial charge in [-0.1, -0.05) is 6.07 Å². The van der Waals surface area contributed by atoms with E-state index in [0.29, 0.717) is 23.8 Å². The van der Waals surface area contributed by atoms with E-state index in [4.69, 9.17) is 4.74 Å². The summed E-state index contributed by atoms with van der Waals surface area (Å²) >= 11 is 0. The van der Waals surface area contributed by atoms with E-state index < -0.39 is 0 Å². The van der Waals surface area contributed by atoms with Gasteiger partial charge >= 0.3 is 0 Å². The fraction of sp³-hybridized carbons (Fsp3) is 0.429. The van der Waals surface area contributed by atoms with Gasteiger partial charge in [0.25, 0.3) is 11.5 Å². The number of hydrogen-bond donors (Lipinski definition) is 3. The van der Waals surface area contributed by atoms with Gasteiger partial charge in [-0.2, -0.15) is 10.2 Å². The van der Waals surface area contributed by atoms with Crippen LogP contribution in [-0.2, 0) is 18.4 Å². The lowest BCUT2D eigenvalue weighted by Gasteiger charge is -2.10. The Labute approximate surface area is 173 Å². The monoisotopic (exact) mass is 410 g/mol. The van der Waals surface area contributed by atoms with E-state index in [2.05, 4.69) is 25.6 Å². The Bertz CT molecular complexity index is 1110. The van der Waals surface area contributed by atoms with E-state index in [1.54, 1.807) is 20.2 Å². The molecular weight excluding hydrogens is 384 g/mol. The molecule has 9 nitrogen and oxygen atoms in total. The first-order valence-corrected chi connectivity index (χ1v) is 10.0. The molecule has 0 aliphatic heterocycles. The Morgan fingerprint density at radius 3 is 2.87 bits per heavy atom. The number of ether oxygens (including phenoxy) is 1. The van der Waals surface area contributed by atoms with Crippen LogP contribution in [0.3, 0.4) is 0 Å². The first kappa shape index (κ1) is 20.1. The summed E-state index contributed by atoms with van der Waals surface area (Å²) in [7, 11) is 3.30. The molecule has 0 saturated heterocycles. The highest BCUT2D eigenvalue weighted by Gasteiger charge is 2.30. The van der Waals surface area contributed by atoms with Crippen LogP contribution in [0.5, 0.6) is 0 Å². The summed E-state index contributed by atoms with van der Waals surface area (Å²) in [5, 5.41) is 14.4. The third kappa shape index (κ3) is 4.06. The quantitative estimate of drug-likeness (QED) is 0.577. The molecule has 1 saturated carbocycles. The van der Waals surface area contributed by atoms with Gasteiger partial charge in [-0.25, -0.2) is 0 Å². The van der Waals surface area contributed by atoms with Gasteiger partial charge in [-0.3, -0.25) is 19.4 Å². The average molecular weight is 410 g/mol.